The van der Waals surface area contributed by atoms with E-state index in [1.807, 2.05) is 12.1 Å². The molecule has 0 aliphatic carbocycles. The highest BCUT2D eigenvalue weighted by atomic mass is 16.5. The van der Waals surface area contributed by atoms with Crippen LogP contribution in [0.25, 0.3) is 11.5 Å². The highest BCUT2D eigenvalue weighted by molar-refractivity contribution is 6.02. The van der Waals surface area contributed by atoms with Gasteiger partial charge in [-0.05, 0) is 42.2 Å². The molecule has 10 heteroatoms. The van der Waals surface area contributed by atoms with Crippen molar-refractivity contribution >= 4 is 17.6 Å². The maximum Gasteiger partial charge on any atom is 0.275 e. The minimum atomic E-state index is -0.350. The second kappa shape index (κ2) is 9.07. The van der Waals surface area contributed by atoms with Crippen molar-refractivity contribution in [3.8, 4) is 11.5 Å². The van der Waals surface area contributed by atoms with Crippen molar-refractivity contribution in [1.82, 2.24) is 29.6 Å². The molecule has 2 aliphatic rings. The molecule has 5 heterocycles. The van der Waals surface area contributed by atoms with Gasteiger partial charge in [-0.3, -0.25) is 14.6 Å². The fraction of sp³-hybridized carbons (Fsp3) is 0.391. The smallest absolute Gasteiger partial charge is 0.275 e. The van der Waals surface area contributed by atoms with E-state index in [4.69, 9.17) is 4.74 Å². The molecule has 5 rings (SSSR count). The molecule has 0 fully saturated rings. The first-order valence-electron chi connectivity index (χ1n) is 11.1. The number of fused-ring (bicyclic) bond motifs is 2. The Kier molecular flexibility index (Phi) is 5.82. The van der Waals surface area contributed by atoms with Crippen molar-refractivity contribution in [3.05, 3.63) is 53.1 Å². The van der Waals surface area contributed by atoms with Crippen LogP contribution in [-0.2, 0) is 35.5 Å². The van der Waals surface area contributed by atoms with E-state index in [0.717, 1.165) is 42.8 Å². The Morgan fingerprint density at radius 2 is 2.06 bits per heavy atom. The number of nitrogens with one attached hydrogen (secondary N) is 1. The Morgan fingerprint density at radius 1 is 1.15 bits per heavy atom. The van der Waals surface area contributed by atoms with Crippen molar-refractivity contribution in [2.45, 2.75) is 38.8 Å². The Labute approximate surface area is 191 Å². The van der Waals surface area contributed by atoms with E-state index in [1.54, 1.807) is 30.3 Å². The largest absolute Gasteiger partial charge is 0.384 e. The number of amides is 2. The van der Waals surface area contributed by atoms with Gasteiger partial charge in [-0.1, -0.05) is 6.07 Å². The van der Waals surface area contributed by atoms with Crippen LogP contribution in [0.1, 0.15) is 40.3 Å². The SMILES string of the molecule is COCCC(=O)N1CCc2cnc(C(=O)Nc3cccc(-c4nnc5n4CCC5)n3)cc2C1. The van der Waals surface area contributed by atoms with Gasteiger partial charge >= 0.3 is 0 Å². The number of methoxy groups -OCH3 is 1. The number of aromatic nitrogens is 5. The second-order valence-corrected chi connectivity index (χ2v) is 8.20. The number of ether oxygens (including phenoxy) is 1. The van der Waals surface area contributed by atoms with Crippen molar-refractivity contribution in [3.63, 3.8) is 0 Å². The molecule has 0 aromatic carbocycles. The zero-order valence-corrected chi connectivity index (χ0v) is 18.5. The minimum Gasteiger partial charge on any atom is -0.384 e. The van der Waals surface area contributed by atoms with Crippen LogP contribution in [0.3, 0.4) is 0 Å². The van der Waals surface area contributed by atoms with E-state index in [9.17, 15) is 9.59 Å². The third-order valence-corrected chi connectivity index (χ3v) is 6.03. The summed E-state index contributed by atoms with van der Waals surface area (Å²) in [5.74, 6) is 1.80. The fourth-order valence-corrected chi connectivity index (χ4v) is 4.27. The summed E-state index contributed by atoms with van der Waals surface area (Å²) in [5.41, 5.74) is 2.95. The molecule has 3 aromatic rings. The Bertz CT molecular complexity index is 1210. The Hall–Kier alpha value is -3.66. The molecule has 0 saturated carbocycles. The molecule has 0 atom stereocenters. The lowest BCUT2D eigenvalue weighted by Crippen LogP contribution is -2.36. The summed E-state index contributed by atoms with van der Waals surface area (Å²) >= 11 is 0. The van der Waals surface area contributed by atoms with Crippen LogP contribution >= 0.6 is 0 Å². The van der Waals surface area contributed by atoms with Crippen molar-refractivity contribution in [1.29, 1.82) is 0 Å². The molecular weight excluding hydrogens is 422 g/mol. The van der Waals surface area contributed by atoms with E-state index in [0.29, 0.717) is 43.5 Å². The summed E-state index contributed by atoms with van der Waals surface area (Å²) in [7, 11) is 1.58. The maximum absolute atomic E-state index is 12.9. The highest BCUT2D eigenvalue weighted by Crippen LogP contribution is 2.23. The summed E-state index contributed by atoms with van der Waals surface area (Å²) in [6, 6.07) is 7.18. The summed E-state index contributed by atoms with van der Waals surface area (Å²) in [5, 5.41) is 11.3. The zero-order valence-electron chi connectivity index (χ0n) is 18.5. The number of hydrogen-bond acceptors (Lipinski definition) is 7. The molecule has 1 N–H and O–H groups in total. The second-order valence-electron chi connectivity index (χ2n) is 8.20. The first-order chi connectivity index (χ1) is 16.1. The summed E-state index contributed by atoms with van der Waals surface area (Å²) < 4.78 is 7.08. The third kappa shape index (κ3) is 4.34. The van der Waals surface area contributed by atoms with Crippen LogP contribution in [-0.4, -0.2) is 61.7 Å². The lowest BCUT2D eigenvalue weighted by Gasteiger charge is -2.29. The molecule has 0 bridgehead atoms. The van der Waals surface area contributed by atoms with Crippen molar-refractivity contribution in [2.75, 3.05) is 25.6 Å². The highest BCUT2D eigenvalue weighted by Gasteiger charge is 2.23. The van der Waals surface area contributed by atoms with Crippen molar-refractivity contribution in [2.24, 2.45) is 0 Å². The van der Waals surface area contributed by atoms with Gasteiger partial charge in [0.2, 0.25) is 5.91 Å². The molecule has 3 aromatic heterocycles. The van der Waals surface area contributed by atoms with E-state index >= 15 is 0 Å². The predicted octanol–water partition coefficient (Wildman–Crippen LogP) is 1.85. The molecule has 2 amide bonds. The number of hydrogen-bond donors (Lipinski definition) is 1. The van der Waals surface area contributed by atoms with Gasteiger partial charge in [0.1, 0.15) is 23.0 Å². The average molecular weight is 447 g/mol. The van der Waals surface area contributed by atoms with Gasteiger partial charge < -0.3 is 19.5 Å². The quantitative estimate of drug-likeness (QED) is 0.613. The lowest BCUT2D eigenvalue weighted by atomic mass is 10.0. The fourth-order valence-electron chi connectivity index (χ4n) is 4.27. The molecule has 0 unspecified atom stereocenters. The molecule has 10 nitrogen and oxygen atoms in total. The zero-order chi connectivity index (χ0) is 22.8. The molecule has 2 aliphatic heterocycles. The Morgan fingerprint density at radius 3 is 2.94 bits per heavy atom. The van der Waals surface area contributed by atoms with Crippen LogP contribution < -0.4 is 5.32 Å². The monoisotopic (exact) mass is 447 g/mol. The first kappa shape index (κ1) is 21.2. The predicted molar refractivity (Wildman–Crippen MR) is 119 cm³/mol. The summed E-state index contributed by atoms with van der Waals surface area (Å²) in [6.45, 7) is 2.38. The van der Waals surface area contributed by atoms with Gasteiger partial charge in [0.25, 0.3) is 5.91 Å². The standard InChI is InChI=1S/C23H25N7O3/c1-33-11-8-21(31)29-10-7-15-13-24-18(12-16(15)14-29)23(32)26-19-5-2-4-17(25-19)22-28-27-20-6-3-9-30(20)22/h2,4-5,12-13H,3,6-11,14H2,1H3,(H,25,26,32). The van der Waals surface area contributed by atoms with Gasteiger partial charge in [0.15, 0.2) is 5.82 Å². The van der Waals surface area contributed by atoms with Gasteiger partial charge in [-0.15, -0.1) is 10.2 Å². The summed E-state index contributed by atoms with van der Waals surface area (Å²) in [6.07, 6.45) is 4.76. The number of aryl methyl sites for hydroxylation is 1. The van der Waals surface area contributed by atoms with E-state index in [-0.39, 0.29) is 17.5 Å². The van der Waals surface area contributed by atoms with Crippen LogP contribution in [0.2, 0.25) is 0 Å². The van der Waals surface area contributed by atoms with E-state index in [1.165, 1.54) is 0 Å². The van der Waals surface area contributed by atoms with E-state index in [2.05, 4.69) is 30.0 Å². The number of anilines is 1. The number of carbonyl (C=O) groups excluding carboxylic acids is 2. The number of rotatable bonds is 6. The van der Waals surface area contributed by atoms with Crippen LogP contribution in [0.5, 0.6) is 0 Å². The summed E-state index contributed by atoms with van der Waals surface area (Å²) in [4.78, 5) is 36.0. The van der Waals surface area contributed by atoms with E-state index < -0.39 is 0 Å². The van der Waals surface area contributed by atoms with Crippen LogP contribution in [0.15, 0.2) is 30.5 Å². The molecule has 170 valence electrons. The normalized spacial score (nSPS) is 14.6. The number of carbonyl (C=O) groups is 2. The van der Waals surface area contributed by atoms with Gasteiger partial charge in [0, 0.05) is 39.4 Å². The van der Waals surface area contributed by atoms with Crippen LogP contribution in [0, 0.1) is 0 Å². The molecule has 0 radical (unpaired) electrons. The molecule has 0 spiro atoms. The lowest BCUT2D eigenvalue weighted by molar-refractivity contribution is -0.133. The van der Waals surface area contributed by atoms with Gasteiger partial charge in [-0.2, -0.15) is 0 Å². The first-order valence-corrected chi connectivity index (χ1v) is 11.1. The van der Waals surface area contributed by atoms with Gasteiger partial charge in [-0.25, -0.2) is 4.98 Å². The third-order valence-electron chi connectivity index (χ3n) is 6.03. The molecule has 0 saturated heterocycles. The Balaban J connectivity index is 1.30. The van der Waals surface area contributed by atoms with Crippen LogP contribution in [0.4, 0.5) is 5.82 Å². The van der Waals surface area contributed by atoms with Crippen molar-refractivity contribution < 1.29 is 14.3 Å². The average Bonchev–Trinajstić information content (AvgIpc) is 3.46. The number of pyridine rings is 2. The molecular formula is C23H25N7O3. The topological polar surface area (TPSA) is 115 Å². The van der Waals surface area contributed by atoms with Gasteiger partial charge in [0.05, 0.1) is 13.0 Å². The number of nitrogens with zero attached hydrogens (tertiary/aromatic N) is 6. The maximum atomic E-state index is 12.9. The molecule has 33 heavy (non-hydrogen) atoms. The minimum absolute atomic E-state index is 0.0475.